The van der Waals surface area contributed by atoms with E-state index in [9.17, 15) is 0 Å². The molecular formula is C15H17NTe. The third kappa shape index (κ3) is 3.03. The van der Waals surface area contributed by atoms with Crippen LogP contribution in [0.25, 0.3) is 0 Å². The average molecular weight is 339 g/mol. The topological polar surface area (TPSA) is 12.0 Å². The molecule has 1 N–H and O–H groups in total. The zero-order chi connectivity index (χ0) is 12.3. The van der Waals surface area contributed by atoms with E-state index in [2.05, 4.69) is 61.6 Å². The van der Waals surface area contributed by atoms with Crippen molar-refractivity contribution in [1.82, 2.24) is 0 Å². The van der Waals surface area contributed by atoms with Gasteiger partial charge in [-0.3, -0.25) is 0 Å². The Morgan fingerprint density at radius 3 is 2.00 bits per heavy atom. The molecule has 0 bridgehead atoms. The molecule has 1 nitrogen and oxygen atoms in total. The number of aryl methyl sites for hydroxylation is 2. The van der Waals surface area contributed by atoms with E-state index >= 15 is 0 Å². The number of rotatable bonds is 3. The summed E-state index contributed by atoms with van der Waals surface area (Å²) < 4.78 is 3.00. The van der Waals surface area contributed by atoms with Crippen LogP contribution < -0.4 is 12.5 Å². The summed E-state index contributed by atoms with van der Waals surface area (Å²) in [6.07, 6.45) is 0. The van der Waals surface area contributed by atoms with Crippen molar-refractivity contribution < 1.29 is 0 Å². The van der Waals surface area contributed by atoms with Gasteiger partial charge in [0.25, 0.3) is 0 Å². The fourth-order valence-corrected chi connectivity index (χ4v) is 4.96. The fraction of sp³-hybridized carbons (Fsp3) is 0.200. The van der Waals surface area contributed by atoms with Crippen molar-refractivity contribution in [3.63, 3.8) is 0 Å². The minimum atomic E-state index is -0.243. The maximum atomic E-state index is 3.27. The molecular weight excluding hydrogens is 322 g/mol. The van der Waals surface area contributed by atoms with E-state index in [1.165, 1.54) is 24.0 Å². The molecule has 17 heavy (non-hydrogen) atoms. The molecule has 2 heteroatoms. The van der Waals surface area contributed by atoms with Gasteiger partial charge in [0, 0.05) is 0 Å². The summed E-state index contributed by atoms with van der Waals surface area (Å²) in [5, 5.41) is 3.27. The minimum absolute atomic E-state index is 0.243. The second kappa shape index (κ2) is 5.58. The number of benzene rings is 2. The molecule has 0 atom stereocenters. The van der Waals surface area contributed by atoms with Gasteiger partial charge in [0.05, 0.1) is 0 Å². The number of hydrogen-bond acceptors (Lipinski definition) is 1. The first-order valence-corrected chi connectivity index (χ1v) is 8.05. The van der Waals surface area contributed by atoms with Gasteiger partial charge in [-0.25, -0.2) is 0 Å². The summed E-state index contributed by atoms with van der Waals surface area (Å²) >= 11 is -0.243. The van der Waals surface area contributed by atoms with Crippen LogP contribution in [0.15, 0.2) is 42.5 Å². The van der Waals surface area contributed by atoms with Gasteiger partial charge in [-0.15, -0.1) is 0 Å². The van der Waals surface area contributed by atoms with Crippen molar-refractivity contribution in [3.05, 3.63) is 53.6 Å². The molecule has 0 radical (unpaired) electrons. The Hall–Kier alpha value is -0.970. The van der Waals surface area contributed by atoms with Crippen LogP contribution in [-0.2, 0) is 0 Å². The van der Waals surface area contributed by atoms with Gasteiger partial charge in [0.15, 0.2) is 0 Å². The van der Waals surface area contributed by atoms with E-state index in [0.717, 1.165) is 0 Å². The van der Waals surface area contributed by atoms with Crippen LogP contribution in [0.4, 0.5) is 5.69 Å². The maximum absolute atomic E-state index is 3.27. The third-order valence-electron chi connectivity index (χ3n) is 2.74. The molecule has 0 aliphatic rings. The summed E-state index contributed by atoms with van der Waals surface area (Å²) in [6.45, 7) is 4.36. The first-order chi connectivity index (χ1) is 8.20. The number of hydrogen-bond donors (Lipinski definition) is 1. The average Bonchev–Trinajstić information content (AvgIpc) is 2.30. The number of anilines is 1. The normalized spacial score (nSPS) is 10.3. The second-order valence-electron chi connectivity index (χ2n) is 4.10. The molecule has 0 spiro atoms. The number of nitrogens with one attached hydrogen (secondary N) is 1. The fourth-order valence-electron chi connectivity index (χ4n) is 2.00. The molecule has 0 aliphatic heterocycles. The van der Waals surface area contributed by atoms with E-state index in [1.54, 1.807) is 0 Å². The Kier molecular flexibility index (Phi) is 4.10. The Morgan fingerprint density at radius 1 is 0.882 bits per heavy atom. The van der Waals surface area contributed by atoms with E-state index in [-0.39, 0.29) is 20.9 Å². The van der Waals surface area contributed by atoms with Crippen LogP contribution >= 0.6 is 0 Å². The van der Waals surface area contributed by atoms with Gasteiger partial charge in [-0.2, -0.15) is 0 Å². The molecule has 0 aromatic heterocycles. The molecule has 0 fully saturated rings. The van der Waals surface area contributed by atoms with E-state index in [1.807, 2.05) is 7.05 Å². The van der Waals surface area contributed by atoms with Gasteiger partial charge in [0.2, 0.25) is 0 Å². The molecule has 0 saturated heterocycles. The zero-order valence-electron chi connectivity index (χ0n) is 10.4. The van der Waals surface area contributed by atoms with E-state index < -0.39 is 0 Å². The third-order valence-corrected chi connectivity index (χ3v) is 5.53. The van der Waals surface area contributed by atoms with Crippen LogP contribution in [0.3, 0.4) is 0 Å². The van der Waals surface area contributed by atoms with Crippen molar-refractivity contribution in [3.8, 4) is 0 Å². The monoisotopic (exact) mass is 341 g/mol. The van der Waals surface area contributed by atoms with Crippen molar-refractivity contribution in [2.24, 2.45) is 0 Å². The van der Waals surface area contributed by atoms with Gasteiger partial charge < -0.3 is 0 Å². The van der Waals surface area contributed by atoms with E-state index in [0.29, 0.717) is 0 Å². The van der Waals surface area contributed by atoms with Gasteiger partial charge in [0.1, 0.15) is 0 Å². The molecule has 0 aliphatic carbocycles. The van der Waals surface area contributed by atoms with Crippen LogP contribution in [-0.4, -0.2) is 28.0 Å². The summed E-state index contributed by atoms with van der Waals surface area (Å²) in [5.41, 5.74) is 3.97. The summed E-state index contributed by atoms with van der Waals surface area (Å²) in [6, 6.07) is 15.5. The van der Waals surface area contributed by atoms with Crippen molar-refractivity contribution in [2.75, 3.05) is 12.4 Å². The van der Waals surface area contributed by atoms with Crippen LogP contribution in [0.2, 0.25) is 0 Å². The molecule has 0 unspecified atom stereocenters. The standard InChI is InChI=1S/C15H17NTe/c1-11-9-14(10-12(2)15(11)16-3)17-13-7-5-4-6-8-13/h4-10,16H,1-3H3. The van der Waals surface area contributed by atoms with Crippen molar-refractivity contribution >= 4 is 33.8 Å². The second-order valence-corrected chi connectivity index (χ2v) is 7.37. The molecule has 2 aromatic rings. The Morgan fingerprint density at radius 2 is 1.47 bits per heavy atom. The Labute approximate surface area is 113 Å². The van der Waals surface area contributed by atoms with Crippen molar-refractivity contribution in [2.45, 2.75) is 13.8 Å². The van der Waals surface area contributed by atoms with Crippen LogP contribution in [0.1, 0.15) is 11.1 Å². The first-order valence-electron chi connectivity index (χ1n) is 5.72. The SMILES string of the molecule is CNc1c(C)cc([Te]c2ccccc2)cc1C. The Bertz CT molecular complexity index is 483. The zero-order valence-corrected chi connectivity index (χ0v) is 12.8. The van der Waals surface area contributed by atoms with Crippen LogP contribution in [0, 0.1) is 13.8 Å². The van der Waals surface area contributed by atoms with E-state index in [4.69, 9.17) is 0 Å². The van der Waals surface area contributed by atoms with Gasteiger partial charge in [-0.1, -0.05) is 0 Å². The summed E-state index contributed by atoms with van der Waals surface area (Å²) in [7, 11) is 1.99. The molecule has 0 heterocycles. The summed E-state index contributed by atoms with van der Waals surface area (Å²) in [4.78, 5) is 0. The summed E-state index contributed by atoms with van der Waals surface area (Å²) in [5.74, 6) is 0. The quantitative estimate of drug-likeness (QED) is 0.844. The molecule has 0 saturated carbocycles. The predicted molar refractivity (Wildman–Crippen MR) is 76.9 cm³/mol. The molecule has 88 valence electrons. The molecule has 2 aromatic carbocycles. The first kappa shape index (κ1) is 12.5. The van der Waals surface area contributed by atoms with Crippen molar-refractivity contribution in [1.29, 1.82) is 0 Å². The van der Waals surface area contributed by atoms with Gasteiger partial charge in [-0.05, 0) is 0 Å². The molecule has 2 rings (SSSR count). The molecule has 0 amide bonds. The predicted octanol–water partition coefficient (Wildman–Crippen LogP) is 2.00. The van der Waals surface area contributed by atoms with Gasteiger partial charge >= 0.3 is 114 Å². The van der Waals surface area contributed by atoms with Crippen LogP contribution in [0.5, 0.6) is 0 Å². The Balaban J connectivity index is 2.29.